The van der Waals surface area contributed by atoms with Gasteiger partial charge in [-0.15, -0.1) is 10.2 Å². The number of anilines is 1. The number of fused-ring (bicyclic) bond motifs is 1. The number of carbonyl (C=O) groups excluding carboxylic acids is 3. The van der Waals surface area contributed by atoms with E-state index in [4.69, 9.17) is 4.74 Å². The minimum Gasteiger partial charge on any atom is -0.483 e. The van der Waals surface area contributed by atoms with Crippen molar-refractivity contribution >= 4 is 34.2 Å². The van der Waals surface area contributed by atoms with Gasteiger partial charge in [-0.2, -0.15) is 0 Å². The van der Waals surface area contributed by atoms with Gasteiger partial charge in [-0.3, -0.25) is 24.6 Å². The van der Waals surface area contributed by atoms with Gasteiger partial charge in [0.2, 0.25) is 5.13 Å². The van der Waals surface area contributed by atoms with Crippen LogP contribution in [0.25, 0.3) is 0 Å². The Morgan fingerprint density at radius 3 is 2.43 bits per heavy atom. The van der Waals surface area contributed by atoms with Gasteiger partial charge in [0.25, 0.3) is 17.7 Å². The maximum absolute atomic E-state index is 12.4. The van der Waals surface area contributed by atoms with Gasteiger partial charge in [0.15, 0.2) is 6.61 Å². The van der Waals surface area contributed by atoms with Gasteiger partial charge in [-0.1, -0.05) is 35.6 Å². The summed E-state index contributed by atoms with van der Waals surface area (Å²) in [4.78, 5) is 38.2. The van der Waals surface area contributed by atoms with Crippen LogP contribution in [0.15, 0.2) is 42.5 Å². The summed E-state index contributed by atoms with van der Waals surface area (Å²) < 4.78 is 5.58. The van der Waals surface area contributed by atoms with Crippen LogP contribution in [-0.2, 0) is 11.3 Å². The molecule has 2 heterocycles. The number of benzene rings is 2. The summed E-state index contributed by atoms with van der Waals surface area (Å²) >= 11 is 1.10. The average molecular weight is 422 g/mol. The molecule has 8 nitrogen and oxygen atoms in total. The fourth-order valence-corrected chi connectivity index (χ4v) is 3.81. The smallest absolute Gasteiger partial charge is 0.264 e. The number of nitrogens with zero attached hydrogens (tertiary/aromatic N) is 3. The van der Waals surface area contributed by atoms with E-state index in [1.165, 1.54) is 0 Å². The van der Waals surface area contributed by atoms with Crippen LogP contribution in [0.2, 0.25) is 0 Å². The van der Waals surface area contributed by atoms with Crippen LogP contribution in [0.3, 0.4) is 0 Å². The minimum absolute atomic E-state index is 0.00112. The molecule has 4 rings (SSSR count). The number of hydrogen-bond acceptors (Lipinski definition) is 7. The van der Waals surface area contributed by atoms with Gasteiger partial charge >= 0.3 is 0 Å². The molecule has 0 bridgehead atoms. The van der Waals surface area contributed by atoms with Gasteiger partial charge in [0, 0.05) is 0 Å². The third kappa shape index (κ3) is 3.79. The molecule has 0 spiro atoms. The zero-order valence-corrected chi connectivity index (χ0v) is 17.2. The monoisotopic (exact) mass is 422 g/mol. The molecule has 30 heavy (non-hydrogen) atoms. The largest absolute Gasteiger partial charge is 0.483 e. The van der Waals surface area contributed by atoms with Crippen molar-refractivity contribution < 1.29 is 19.1 Å². The molecule has 2 aromatic carbocycles. The number of nitrogens with one attached hydrogen (secondary N) is 1. The molecule has 0 radical (unpaired) electrons. The summed E-state index contributed by atoms with van der Waals surface area (Å²) in [5, 5.41) is 11.2. The Morgan fingerprint density at radius 1 is 1.03 bits per heavy atom. The number of hydrogen-bond donors (Lipinski definition) is 1. The molecule has 152 valence electrons. The second kappa shape index (κ2) is 8.03. The van der Waals surface area contributed by atoms with Gasteiger partial charge < -0.3 is 4.74 Å². The van der Waals surface area contributed by atoms with E-state index in [0.717, 1.165) is 27.4 Å². The van der Waals surface area contributed by atoms with Gasteiger partial charge in [0.05, 0.1) is 17.7 Å². The maximum Gasteiger partial charge on any atom is 0.264 e. The Labute approximate surface area is 176 Å². The zero-order valence-electron chi connectivity index (χ0n) is 16.3. The van der Waals surface area contributed by atoms with Crippen molar-refractivity contribution in [2.24, 2.45) is 0 Å². The van der Waals surface area contributed by atoms with Crippen LogP contribution < -0.4 is 10.1 Å². The molecule has 0 saturated carbocycles. The quantitative estimate of drug-likeness (QED) is 0.613. The molecule has 3 amide bonds. The Hall–Kier alpha value is -3.59. The summed E-state index contributed by atoms with van der Waals surface area (Å²) in [6.07, 6.45) is 0. The highest BCUT2D eigenvalue weighted by Crippen LogP contribution is 2.26. The van der Waals surface area contributed by atoms with Crippen molar-refractivity contribution in [1.29, 1.82) is 0 Å². The Balaban J connectivity index is 1.36. The van der Waals surface area contributed by atoms with E-state index in [-0.39, 0.29) is 36.0 Å². The number of amides is 3. The van der Waals surface area contributed by atoms with E-state index in [1.807, 2.05) is 26.0 Å². The van der Waals surface area contributed by atoms with Gasteiger partial charge in [-0.05, 0) is 43.2 Å². The molecule has 1 aliphatic heterocycles. The maximum atomic E-state index is 12.4. The SMILES string of the molecule is Cc1cccc(OCC(=O)Nc2nnc(CN3C(=O)c4ccccc4C3=O)s2)c1C. The first-order chi connectivity index (χ1) is 14.4. The highest BCUT2D eigenvalue weighted by Gasteiger charge is 2.35. The summed E-state index contributed by atoms with van der Waals surface area (Å²) in [7, 11) is 0. The van der Waals surface area contributed by atoms with Crippen LogP contribution in [0, 0.1) is 13.8 Å². The molecular weight excluding hydrogens is 404 g/mol. The first-order valence-electron chi connectivity index (χ1n) is 9.20. The second-order valence-electron chi connectivity index (χ2n) is 6.78. The second-order valence-corrected chi connectivity index (χ2v) is 7.84. The number of carbonyl (C=O) groups is 3. The fraction of sp³-hybridized carbons (Fsp3) is 0.190. The van der Waals surface area contributed by atoms with Crippen molar-refractivity contribution in [3.05, 3.63) is 69.7 Å². The van der Waals surface area contributed by atoms with E-state index < -0.39 is 0 Å². The highest BCUT2D eigenvalue weighted by molar-refractivity contribution is 7.15. The van der Waals surface area contributed by atoms with E-state index in [2.05, 4.69) is 15.5 Å². The lowest BCUT2D eigenvalue weighted by Crippen LogP contribution is -2.29. The molecule has 1 aliphatic rings. The van der Waals surface area contributed by atoms with Crippen molar-refractivity contribution in [3.63, 3.8) is 0 Å². The molecule has 0 saturated heterocycles. The summed E-state index contributed by atoms with van der Waals surface area (Å²) in [5.41, 5.74) is 2.81. The van der Waals surface area contributed by atoms with E-state index in [1.54, 1.807) is 30.3 Å². The molecule has 1 N–H and O–H groups in total. The summed E-state index contributed by atoms with van der Waals surface area (Å²) in [6, 6.07) is 12.3. The Morgan fingerprint density at radius 2 is 1.73 bits per heavy atom. The van der Waals surface area contributed by atoms with Crippen molar-refractivity contribution in [2.45, 2.75) is 20.4 Å². The Kier molecular flexibility index (Phi) is 5.28. The molecule has 3 aromatic rings. The third-order valence-corrected chi connectivity index (χ3v) is 5.62. The lowest BCUT2D eigenvalue weighted by molar-refractivity contribution is -0.118. The normalized spacial score (nSPS) is 12.8. The van der Waals surface area contributed by atoms with Gasteiger partial charge in [0.1, 0.15) is 10.8 Å². The van der Waals surface area contributed by atoms with Crippen LogP contribution in [0.4, 0.5) is 5.13 Å². The third-order valence-electron chi connectivity index (χ3n) is 4.80. The van der Waals surface area contributed by atoms with E-state index >= 15 is 0 Å². The molecule has 0 aliphatic carbocycles. The van der Waals surface area contributed by atoms with Gasteiger partial charge in [-0.25, -0.2) is 0 Å². The van der Waals surface area contributed by atoms with Crippen LogP contribution in [-0.4, -0.2) is 39.4 Å². The Bertz CT molecular complexity index is 1120. The van der Waals surface area contributed by atoms with Crippen molar-refractivity contribution in [1.82, 2.24) is 15.1 Å². The first kappa shape index (κ1) is 19.7. The predicted molar refractivity (Wildman–Crippen MR) is 111 cm³/mol. The van der Waals surface area contributed by atoms with Crippen molar-refractivity contribution in [2.75, 3.05) is 11.9 Å². The average Bonchev–Trinajstić information content (AvgIpc) is 3.27. The number of imide groups is 1. The van der Waals surface area contributed by atoms with Crippen LogP contribution in [0.1, 0.15) is 36.9 Å². The molecule has 0 atom stereocenters. The number of aryl methyl sites for hydroxylation is 1. The summed E-state index contributed by atoms with van der Waals surface area (Å²) in [6.45, 7) is 3.73. The van der Waals surface area contributed by atoms with Crippen LogP contribution >= 0.6 is 11.3 Å². The lowest BCUT2D eigenvalue weighted by atomic mass is 10.1. The van der Waals surface area contributed by atoms with E-state index in [9.17, 15) is 14.4 Å². The zero-order chi connectivity index (χ0) is 21.3. The molecule has 0 unspecified atom stereocenters. The number of rotatable bonds is 6. The fourth-order valence-electron chi connectivity index (χ4n) is 3.07. The van der Waals surface area contributed by atoms with E-state index in [0.29, 0.717) is 21.9 Å². The van der Waals surface area contributed by atoms with Crippen molar-refractivity contribution in [3.8, 4) is 5.75 Å². The number of ether oxygens (including phenoxy) is 1. The molecule has 1 aromatic heterocycles. The molecule has 0 fully saturated rings. The number of aromatic nitrogens is 2. The summed E-state index contributed by atoms with van der Waals surface area (Å²) in [5.74, 6) is -0.454. The molecule has 9 heteroatoms. The minimum atomic E-state index is -0.376. The first-order valence-corrected chi connectivity index (χ1v) is 10.0. The highest BCUT2D eigenvalue weighted by atomic mass is 32.1. The topological polar surface area (TPSA) is 101 Å². The lowest BCUT2D eigenvalue weighted by Gasteiger charge is -2.11. The standard InChI is InChI=1S/C21H18N4O4S/c1-12-6-5-9-16(13(12)2)29-11-17(26)22-21-24-23-18(30-21)10-25-19(27)14-7-3-4-8-15(14)20(25)28/h3-9H,10-11H2,1-2H3,(H,22,24,26). The predicted octanol–water partition coefficient (Wildman–Crippen LogP) is 2.97. The van der Waals surface area contributed by atoms with Crippen LogP contribution in [0.5, 0.6) is 5.75 Å². The molecular formula is C21H18N4O4S.